The van der Waals surface area contributed by atoms with E-state index < -0.39 is 10.9 Å². The maximum Gasteiger partial charge on any atom is 0.336 e. The van der Waals surface area contributed by atoms with Crippen molar-refractivity contribution < 1.29 is 14.5 Å². The highest BCUT2D eigenvalue weighted by atomic mass is 32.1. The fourth-order valence-corrected chi connectivity index (χ4v) is 4.99. The molecule has 0 N–H and O–H groups in total. The Morgan fingerprint density at radius 1 is 0.971 bits per heavy atom. The van der Waals surface area contributed by atoms with Gasteiger partial charge in [0, 0.05) is 56.1 Å². The third-order valence-corrected chi connectivity index (χ3v) is 6.81. The molecule has 4 aromatic rings. The molecule has 9 heteroatoms. The summed E-state index contributed by atoms with van der Waals surface area (Å²) in [7, 11) is 0. The second-order valence-corrected chi connectivity index (χ2v) is 9.05. The Balaban J connectivity index is 1.22. The van der Waals surface area contributed by atoms with Gasteiger partial charge in [0.2, 0.25) is 0 Å². The van der Waals surface area contributed by atoms with Gasteiger partial charge in [0.1, 0.15) is 5.75 Å². The molecule has 1 aliphatic rings. The number of nitro groups is 1. The molecular weight excluding hydrogens is 464 g/mol. The molecule has 8 nitrogen and oxygen atoms in total. The van der Waals surface area contributed by atoms with Gasteiger partial charge in [-0.25, -0.2) is 9.78 Å². The first kappa shape index (κ1) is 22.5. The molecule has 1 saturated heterocycles. The van der Waals surface area contributed by atoms with Gasteiger partial charge in [0.05, 0.1) is 15.1 Å². The molecular formula is C26H22N4O4S. The summed E-state index contributed by atoms with van der Waals surface area (Å²) in [6, 6.07) is 21.8. The molecule has 0 radical (unpaired) electrons. The number of fused-ring (bicyclic) bond motifs is 1. The number of thiazole rings is 1. The van der Waals surface area contributed by atoms with Gasteiger partial charge in [0.25, 0.3) is 5.69 Å². The summed E-state index contributed by atoms with van der Waals surface area (Å²) in [6.07, 6.45) is 2.75. The van der Waals surface area contributed by atoms with E-state index in [0.29, 0.717) is 11.3 Å². The Hall–Kier alpha value is -4.24. The van der Waals surface area contributed by atoms with Crippen molar-refractivity contribution in [1.82, 2.24) is 4.98 Å². The summed E-state index contributed by atoms with van der Waals surface area (Å²) in [5.41, 5.74) is 2.62. The van der Waals surface area contributed by atoms with Crippen LogP contribution in [0.5, 0.6) is 5.75 Å². The number of hydrogen-bond donors (Lipinski definition) is 0. The summed E-state index contributed by atoms with van der Waals surface area (Å²) in [5, 5.41) is 11.9. The van der Waals surface area contributed by atoms with Crippen LogP contribution in [0.15, 0.2) is 78.9 Å². The molecule has 0 spiro atoms. The van der Waals surface area contributed by atoms with Gasteiger partial charge in [-0.05, 0) is 35.9 Å². The highest BCUT2D eigenvalue weighted by molar-refractivity contribution is 7.22. The highest BCUT2D eigenvalue weighted by Crippen LogP contribution is 2.32. The number of carbonyl (C=O) groups excluding carboxylic acids is 1. The monoisotopic (exact) mass is 486 g/mol. The van der Waals surface area contributed by atoms with E-state index in [9.17, 15) is 14.9 Å². The number of nitrogens with zero attached hydrogens (tertiary/aromatic N) is 4. The molecule has 0 atom stereocenters. The quantitative estimate of drug-likeness (QED) is 0.122. The van der Waals surface area contributed by atoms with Gasteiger partial charge >= 0.3 is 5.97 Å². The van der Waals surface area contributed by atoms with Crippen molar-refractivity contribution in [1.29, 1.82) is 0 Å². The first-order valence-electron chi connectivity index (χ1n) is 11.1. The van der Waals surface area contributed by atoms with Crippen molar-refractivity contribution in [3.63, 3.8) is 0 Å². The molecule has 5 rings (SSSR count). The molecule has 35 heavy (non-hydrogen) atoms. The zero-order valence-corrected chi connectivity index (χ0v) is 19.6. The number of aromatic nitrogens is 1. The van der Waals surface area contributed by atoms with Crippen LogP contribution in [0.1, 0.15) is 5.56 Å². The minimum absolute atomic E-state index is 0.0338. The first-order chi connectivity index (χ1) is 17.0. The number of benzene rings is 3. The average Bonchev–Trinajstić information content (AvgIpc) is 3.32. The van der Waals surface area contributed by atoms with Gasteiger partial charge in [-0.15, -0.1) is 0 Å². The lowest BCUT2D eigenvalue weighted by Crippen LogP contribution is -2.46. The van der Waals surface area contributed by atoms with Crippen molar-refractivity contribution in [3.05, 3.63) is 94.6 Å². The first-order valence-corrected chi connectivity index (χ1v) is 12.0. The number of hydrogen-bond acceptors (Lipinski definition) is 8. The van der Waals surface area contributed by atoms with Crippen molar-refractivity contribution in [2.24, 2.45) is 0 Å². The van der Waals surface area contributed by atoms with Gasteiger partial charge in [-0.3, -0.25) is 10.1 Å². The third kappa shape index (κ3) is 5.30. The highest BCUT2D eigenvalue weighted by Gasteiger charge is 2.20. The number of esters is 1. The number of ether oxygens (including phenoxy) is 1. The Morgan fingerprint density at radius 2 is 1.74 bits per heavy atom. The van der Waals surface area contributed by atoms with E-state index in [1.807, 2.05) is 18.2 Å². The molecule has 3 aromatic carbocycles. The number of rotatable bonds is 6. The van der Waals surface area contributed by atoms with E-state index in [1.165, 1.54) is 30.0 Å². The molecule has 176 valence electrons. The summed E-state index contributed by atoms with van der Waals surface area (Å²) < 4.78 is 6.38. The van der Waals surface area contributed by atoms with Crippen LogP contribution < -0.4 is 14.5 Å². The predicted molar refractivity (Wildman–Crippen MR) is 138 cm³/mol. The van der Waals surface area contributed by atoms with Crippen molar-refractivity contribution in [2.45, 2.75) is 0 Å². The topological polar surface area (TPSA) is 88.8 Å². The normalized spacial score (nSPS) is 13.9. The lowest BCUT2D eigenvalue weighted by Gasteiger charge is -2.35. The molecule has 1 fully saturated rings. The fourth-order valence-electron chi connectivity index (χ4n) is 3.94. The van der Waals surface area contributed by atoms with Crippen molar-refractivity contribution in [2.75, 3.05) is 36.0 Å². The van der Waals surface area contributed by atoms with Crippen LogP contribution in [-0.4, -0.2) is 42.1 Å². The van der Waals surface area contributed by atoms with Crippen LogP contribution in [-0.2, 0) is 4.79 Å². The maximum atomic E-state index is 12.3. The maximum absolute atomic E-state index is 12.3. The lowest BCUT2D eigenvalue weighted by atomic mass is 10.2. The second-order valence-electron chi connectivity index (χ2n) is 8.04. The van der Waals surface area contributed by atoms with E-state index in [2.05, 4.69) is 34.1 Å². The van der Waals surface area contributed by atoms with E-state index in [-0.39, 0.29) is 5.69 Å². The van der Waals surface area contributed by atoms with Crippen LogP contribution in [0, 0.1) is 10.1 Å². The Labute approximate surface area is 205 Å². The van der Waals surface area contributed by atoms with E-state index >= 15 is 0 Å². The summed E-state index contributed by atoms with van der Waals surface area (Å²) in [6.45, 7) is 3.64. The van der Waals surface area contributed by atoms with Crippen LogP contribution >= 0.6 is 11.3 Å². The Kier molecular flexibility index (Phi) is 6.40. The molecule has 0 aliphatic carbocycles. The third-order valence-electron chi connectivity index (χ3n) is 5.73. The summed E-state index contributed by atoms with van der Waals surface area (Å²) in [4.78, 5) is 32.1. The van der Waals surface area contributed by atoms with Crippen LogP contribution in [0.2, 0.25) is 0 Å². The van der Waals surface area contributed by atoms with Gasteiger partial charge in [-0.1, -0.05) is 41.7 Å². The van der Waals surface area contributed by atoms with Gasteiger partial charge in [0.15, 0.2) is 5.13 Å². The minimum atomic E-state index is -0.558. The lowest BCUT2D eigenvalue weighted by molar-refractivity contribution is -0.384. The van der Waals surface area contributed by atoms with Crippen LogP contribution in [0.25, 0.3) is 16.3 Å². The van der Waals surface area contributed by atoms with E-state index in [0.717, 1.165) is 41.5 Å². The number of carbonyl (C=O) groups is 1. The predicted octanol–water partition coefficient (Wildman–Crippen LogP) is 5.15. The Morgan fingerprint density at radius 3 is 2.51 bits per heavy atom. The number of piperazine rings is 1. The second kappa shape index (κ2) is 9.94. The van der Waals surface area contributed by atoms with E-state index in [4.69, 9.17) is 9.72 Å². The molecule has 0 bridgehead atoms. The number of non-ortho nitro benzene ring substituents is 1. The van der Waals surface area contributed by atoms with Crippen molar-refractivity contribution >= 4 is 50.1 Å². The Bertz CT molecular complexity index is 1400. The fraction of sp³-hybridized carbons (Fsp3) is 0.154. The van der Waals surface area contributed by atoms with Crippen LogP contribution in [0.3, 0.4) is 0 Å². The average molecular weight is 487 g/mol. The van der Waals surface area contributed by atoms with Gasteiger partial charge in [-0.2, -0.15) is 0 Å². The smallest absolute Gasteiger partial charge is 0.336 e. The zero-order chi connectivity index (χ0) is 24.2. The van der Waals surface area contributed by atoms with Crippen LogP contribution in [0.4, 0.5) is 16.5 Å². The molecule has 0 unspecified atom stereocenters. The van der Waals surface area contributed by atoms with Gasteiger partial charge < -0.3 is 14.5 Å². The number of para-hydroxylation sites is 1. The standard InChI is InChI=1S/C26H22N4O4S/c31-25(12-9-19-5-4-8-21(17-19)30(32)33)34-22-10-11-23-24(18-22)35-26(27-23)29-15-13-28(14-16-29)20-6-2-1-3-7-20/h1-12,17-18H,13-16H2. The molecule has 1 aromatic heterocycles. The van der Waals surface area contributed by atoms with E-state index in [1.54, 1.807) is 29.5 Å². The summed E-state index contributed by atoms with van der Waals surface area (Å²) in [5.74, 6) is -0.132. The summed E-state index contributed by atoms with van der Waals surface area (Å²) >= 11 is 1.58. The van der Waals surface area contributed by atoms with Crippen molar-refractivity contribution in [3.8, 4) is 5.75 Å². The molecule has 0 saturated carbocycles. The molecule has 2 heterocycles. The number of nitro benzene ring substituents is 1. The zero-order valence-electron chi connectivity index (χ0n) is 18.7. The number of anilines is 2. The molecule has 0 amide bonds. The largest absolute Gasteiger partial charge is 0.423 e. The molecule has 1 aliphatic heterocycles. The SMILES string of the molecule is O=C(C=Cc1cccc([N+](=O)[O-])c1)Oc1ccc2nc(N3CCN(c4ccccc4)CC3)sc2c1. The minimum Gasteiger partial charge on any atom is -0.423 e.